The van der Waals surface area contributed by atoms with Crippen molar-refractivity contribution in [3.8, 4) is 0 Å². The van der Waals surface area contributed by atoms with Crippen molar-refractivity contribution >= 4 is 37.5 Å². The predicted molar refractivity (Wildman–Crippen MR) is 90.9 cm³/mol. The molecule has 0 heterocycles. The van der Waals surface area contributed by atoms with Crippen LogP contribution in [-0.2, 0) is 0 Å². The van der Waals surface area contributed by atoms with E-state index in [1.807, 2.05) is 24.3 Å². The number of hydrogen-bond acceptors (Lipinski definition) is 1. The fourth-order valence-electron chi connectivity index (χ4n) is 2.35. The Morgan fingerprint density at radius 1 is 0.636 bits per heavy atom. The van der Waals surface area contributed by atoms with E-state index >= 15 is 0 Å². The molecule has 0 saturated carbocycles. The maximum atomic E-state index is 11.0. The van der Waals surface area contributed by atoms with Gasteiger partial charge in [-0.25, -0.2) is 0 Å². The zero-order chi connectivity index (χ0) is 15.4. The van der Waals surface area contributed by atoms with Crippen LogP contribution >= 0.6 is 0 Å². The van der Waals surface area contributed by atoms with Gasteiger partial charge in [-0.2, -0.15) is 0 Å². The topological polar surface area (TPSA) is 37.3 Å². The molecule has 3 rings (SSSR count). The van der Waals surface area contributed by atoms with Gasteiger partial charge in [-0.1, -0.05) is 0 Å². The molecule has 22 heavy (non-hydrogen) atoms. The number of rotatable bonds is 4. The molecule has 0 saturated heterocycles. The van der Waals surface area contributed by atoms with Crippen molar-refractivity contribution in [3.05, 3.63) is 90.5 Å². The van der Waals surface area contributed by atoms with Crippen molar-refractivity contribution in [2.75, 3.05) is 0 Å². The fraction of sp³-hybridized carbons (Fsp3) is 0. The second-order valence-electron chi connectivity index (χ2n) is 4.86. The third kappa shape index (κ3) is 3.26. The quantitative estimate of drug-likeness (QED) is 0.575. The van der Waals surface area contributed by atoms with Crippen LogP contribution in [0.3, 0.4) is 0 Å². The van der Waals surface area contributed by atoms with Gasteiger partial charge < -0.3 is 0 Å². The van der Waals surface area contributed by atoms with Gasteiger partial charge in [0.1, 0.15) is 0 Å². The molecule has 2 nitrogen and oxygen atoms in total. The molecule has 0 aliphatic heterocycles. The first-order valence-electron chi connectivity index (χ1n) is 6.99. The number of aromatic carboxylic acids is 1. The van der Waals surface area contributed by atoms with Crippen LogP contribution in [0.5, 0.6) is 0 Å². The van der Waals surface area contributed by atoms with E-state index in [0.29, 0.717) is 5.56 Å². The van der Waals surface area contributed by atoms with Crippen LogP contribution in [0, 0.1) is 0 Å². The Morgan fingerprint density at radius 3 is 1.45 bits per heavy atom. The van der Waals surface area contributed by atoms with Crippen LogP contribution < -0.4 is 9.81 Å². The van der Waals surface area contributed by atoms with Crippen molar-refractivity contribution < 1.29 is 9.90 Å². The summed E-state index contributed by atoms with van der Waals surface area (Å²) >= 11 is -2.33. The monoisotopic (exact) mass is 484 g/mol. The first kappa shape index (κ1) is 14.9. The van der Waals surface area contributed by atoms with Gasteiger partial charge in [0.15, 0.2) is 0 Å². The number of benzene rings is 3. The van der Waals surface area contributed by atoms with Gasteiger partial charge in [-0.05, 0) is 0 Å². The molecule has 3 heteroatoms. The van der Waals surface area contributed by atoms with Gasteiger partial charge in [0.25, 0.3) is 0 Å². The van der Waals surface area contributed by atoms with Crippen LogP contribution in [0.15, 0.2) is 84.9 Å². The van der Waals surface area contributed by atoms with E-state index in [-0.39, 0.29) is 0 Å². The van der Waals surface area contributed by atoms with Crippen molar-refractivity contribution in [1.82, 2.24) is 0 Å². The molecule has 0 aliphatic rings. The Labute approximate surface area is 137 Å². The minimum atomic E-state index is -2.33. The first-order valence-corrected chi connectivity index (χ1v) is 12.2. The maximum absolute atomic E-state index is 11.0. The molecule has 0 unspecified atom stereocenters. The molecule has 108 valence electrons. The summed E-state index contributed by atoms with van der Waals surface area (Å²) in [5.41, 5.74) is 0.342. The summed E-state index contributed by atoms with van der Waals surface area (Å²) in [6.45, 7) is 0. The standard InChI is InChI=1S/C7H5O2.2C6H5.Bi/c8-7(9)6-4-2-1-3-5-6;2*1-2-4-6-5-3-1;/h2-5H,(H,8,9);2*1-5H;. The normalized spacial score (nSPS) is 10.6. The summed E-state index contributed by atoms with van der Waals surface area (Å²) in [4.78, 5) is 11.0. The zero-order valence-electron chi connectivity index (χ0n) is 11.9. The third-order valence-electron chi connectivity index (χ3n) is 3.40. The molecular formula is C19H15BiO2. The minimum absolute atomic E-state index is 0.342. The van der Waals surface area contributed by atoms with Crippen LogP contribution in [0.2, 0.25) is 0 Å². The molecule has 3 aromatic rings. The molecular weight excluding hydrogens is 469 g/mol. The summed E-state index contributed by atoms with van der Waals surface area (Å²) in [6.07, 6.45) is 0. The second kappa shape index (κ2) is 6.85. The average Bonchev–Trinajstić information content (AvgIpc) is 2.57. The average molecular weight is 484 g/mol. The Balaban J connectivity index is 2.08. The molecule has 0 amide bonds. The van der Waals surface area contributed by atoms with E-state index in [0.717, 1.165) is 0 Å². The van der Waals surface area contributed by atoms with E-state index in [9.17, 15) is 4.79 Å². The van der Waals surface area contributed by atoms with Crippen LogP contribution in [0.1, 0.15) is 10.4 Å². The molecule has 3 aromatic carbocycles. The summed E-state index contributed by atoms with van der Waals surface area (Å²) in [5.74, 6) is -0.878. The molecule has 0 spiro atoms. The molecule has 0 fully saturated rings. The first-order chi connectivity index (χ1) is 10.8. The van der Waals surface area contributed by atoms with Gasteiger partial charge in [0.2, 0.25) is 0 Å². The van der Waals surface area contributed by atoms with E-state index in [1.54, 1.807) is 12.1 Å². The third-order valence-corrected chi connectivity index (χ3v) is 12.9. The van der Waals surface area contributed by atoms with Crippen molar-refractivity contribution in [2.45, 2.75) is 0 Å². The molecule has 0 bridgehead atoms. The number of hydrogen-bond donors (Lipinski definition) is 1. The van der Waals surface area contributed by atoms with Gasteiger partial charge in [0, 0.05) is 0 Å². The Bertz CT molecular complexity index is 713. The van der Waals surface area contributed by atoms with Gasteiger partial charge in [-0.15, -0.1) is 0 Å². The Morgan fingerprint density at radius 2 is 1.05 bits per heavy atom. The predicted octanol–water partition coefficient (Wildman–Crippen LogP) is 1.90. The SMILES string of the molecule is O=C(O)c1cc[c]([Bi]([c]2ccccc2)[c]2ccccc2)cc1. The summed E-state index contributed by atoms with van der Waals surface area (Å²) in [7, 11) is 0. The summed E-state index contributed by atoms with van der Waals surface area (Å²) in [6, 6.07) is 28.5. The number of carboxylic acids is 1. The van der Waals surface area contributed by atoms with Gasteiger partial charge >= 0.3 is 138 Å². The van der Waals surface area contributed by atoms with Gasteiger partial charge in [-0.3, -0.25) is 0 Å². The molecule has 0 aromatic heterocycles. The van der Waals surface area contributed by atoms with Gasteiger partial charge in [0.05, 0.1) is 0 Å². The van der Waals surface area contributed by atoms with Crippen LogP contribution in [-0.4, -0.2) is 32.8 Å². The van der Waals surface area contributed by atoms with Crippen molar-refractivity contribution in [1.29, 1.82) is 0 Å². The molecule has 0 atom stereocenters. The van der Waals surface area contributed by atoms with E-state index in [4.69, 9.17) is 5.11 Å². The fourth-order valence-corrected chi connectivity index (χ4v) is 11.2. The van der Waals surface area contributed by atoms with Crippen LogP contribution in [0.25, 0.3) is 0 Å². The van der Waals surface area contributed by atoms with Crippen molar-refractivity contribution in [2.24, 2.45) is 0 Å². The summed E-state index contributed by atoms with van der Waals surface area (Å²) in [5, 5.41) is 9.07. The molecule has 1 N–H and O–H groups in total. The van der Waals surface area contributed by atoms with E-state index in [2.05, 4.69) is 48.5 Å². The Hall–Kier alpha value is -1.99. The number of carboxylic acid groups (broad SMARTS) is 1. The Kier molecular flexibility index (Phi) is 4.65. The number of carbonyl (C=O) groups is 1. The zero-order valence-corrected chi connectivity index (χ0v) is 15.4. The molecule has 0 aliphatic carbocycles. The van der Waals surface area contributed by atoms with Crippen molar-refractivity contribution in [3.63, 3.8) is 0 Å². The van der Waals surface area contributed by atoms with E-state index in [1.165, 1.54) is 9.81 Å². The van der Waals surface area contributed by atoms with Crippen LogP contribution in [0.4, 0.5) is 0 Å². The molecule has 0 radical (unpaired) electrons. The summed E-state index contributed by atoms with van der Waals surface area (Å²) < 4.78 is 4.08. The van der Waals surface area contributed by atoms with E-state index < -0.39 is 27.7 Å². The second-order valence-corrected chi connectivity index (χ2v) is 13.5.